The van der Waals surface area contributed by atoms with E-state index >= 15 is 0 Å². The molecular weight excluding hydrogens is 534 g/mol. The van der Waals surface area contributed by atoms with Crippen molar-refractivity contribution in [2.75, 3.05) is 6.61 Å². The number of hydrogen-bond donors (Lipinski definition) is 2. The first-order chi connectivity index (χ1) is 19.2. The quantitative estimate of drug-likeness (QED) is 0.263. The lowest BCUT2D eigenvalue weighted by atomic mass is 9.95. The molecule has 1 atom stereocenters. The van der Waals surface area contributed by atoms with Crippen molar-refractivity contribution < 1.29 is 23.1 Å². The minimum Gasteiger partial charge on any atom is -0.487 e. The summed E-state index contributed by atoms with van der Waals surface area (Å²) in [6.07, 6.45) is 5.13. The molecule has 212 valence electrons. The van der Waals surface area contributed by atoms with Crippen molar-refractivity contribution >= 4 is 23.8 Å². The van der Waals surface area contributed by atoms with Crippen LogP contribution >= 0.6 is 11.9 Å². The summed E-state index contributed by atoms with van der Waals surface area (Å²) in [7, 11) is 0. The molecular formula is C30H34F2N4O3S. The maximum absolute atomic E-state index is 13.3. The van der Waals surface area contributed by atoms with Crippen molar-refractivity contribution in [3.8, 4) is 5.75 Å². The molecule has 7 nitrogen and oxygen atoms in total. The monoisotopic (exact) mass is 568 g/mol. The Morgan fingerprint density at radius 1 is 1.15 bits per heavy atom. The van der Waals surface area contributed by atoms with Crippen LogP contribution in [0.25, 0.3) is 0 Å². The Balaban J connectivity index is 1.24. The normalized spacial score (nSPS) is 16.8. The van der Waals surface area contributed by atoms with Gasteiger partial charge in [0.2, 0.25) is 0 Å². The van der Waals surface area contributed by atoms with Gasteiger partial charge in [0.05, 0.1) is 11.3 Å². The first-order valence-corrected chi connectivity index (χ1v) is 14.7. The molecule has 0 saturated heterocycles. The van der Waals surface area contributed by atoms with Crippen LogP contribution in [0.4, 0.5) is 8.78 Å². The van der Waals surface area contributed by atoms with Crippen LogP contribution in [-0.2, 0) is 25.1 Å². The fourth-order valence-electron chi connectivity index (χ4n) is 4.86. The summed E-state index contributed by atoms with van der Waals surface area (Å²) in [6.45, 7) is 0.746. The Morgan fingerprint density at radius 2 is 1.93 bits per heavy atom. The number of amides is 2. The molecule has 1 aliphatic carbocycles. The van der Waals surface area contributed by atoms with E-state index in [-0.39, 0.29) is 17.9 Å². The van der Waals surface area contributed by atoms with E-state index < -0.39 is 12.5 Å². The van der Waals surface area contributed by atoms with Crippen LogP contribution < -0.4 is 14.8 Å². The Morgan fingerprint density at radius 3 is 2.67 bits per heavy atom. The molecule has 2 N–H and O–H groups in total. The highest BCUT2D eigenvalue weighted by molar-refractivity contribution is 7.97. The van der Waals surface area contributed by atoms with Gasteiger partial charge in [0, 0.05) is 31.7 Å². The van der Waals surface area contributed by atoms with Crippen molar-refractivity contribution in [1.82, 2.24) is 19.8 Å². The second-order valence-electron chi connectivity index (χ2n) is 10.8. The van der Waals surface area contributed by atoms with E-state index in [0.29, 0.717) is 60.2 Å². The number of rotatable bonds is 13. The molecule has 5 rings (SSSR count). The van der Waals surface area contributed by atoms with Crippen LogP contribution in [0.5, 0.6) is 5.75 Å². The summed E-state index contributed by atoms with van der Waals surface area (Å²) in [4.78, 5) is 26.6. The number of ether oxygens (including phenoxy) is 1. The van der Waals surface area contributed by atoms with E-state index in [9.17, 15) is 18.4 Å². The van der Waals surface area contributed by atoms with Gasteiger partial charge in [-0.3, -0.25) is 19.0 Å². The predicted octanol–water partition coefficient (Wildman–Crippen LogP) is 5.58. The third kappa shape index (κ3) is 7.62. The SMILES string of the molecule is CC(F)(F)COc1cccc(CCC2Cc3nn(CCC4CC4)c(C(=O)NSCc4ccccc4)c3C(=O)N2)c1. The summed E-state index contributed by atoms with van der Waals surface area (Å²) < 4.78 is 36.2. The van der Waals surface area contributed by atoms with Gasteiger partial charge in [-0.2, -0.15) is 5.10 Å². The summed E-state index contributed by atoms with van der Waals surface area (Å²) in [5.74, 6) is -1.83. The maximum atomic E-state index is 13.3. The number of halogens is 2. The zero-order chi connectivity index (χ0) is 28.1. The second kappa shape index (κ2) is 12.4. The van der Waals surface area contributed by atoms with Gasteiger partial charge in [0.15, 0.2) is 6.61 Å². The summed E-state index contributed by atoms with van der Waals surface area (Å²) in [6, 6.07) is 16.8. The van der Waals surface area contributed by atoms with Crippen LogP contribution in [-0.4, -0.2) is 40.2 Å². The van der Waals surface area contributed by atoms with E-state index in [2.05, 4.69) is 10.0 Å². The Kier molecular flexibility index (Phi) is 8.73. The highest BCUT2D eigenvalue weighted by atomic mass is 32.2. The lowest BCUT2D eigenvalue weighted by Gasteiger charge is -2.23. The molecule has 2 aliphatic rings. The van der Waals surface area contributed by atoms with Gasteiger partial charge in [-0.15, -0.1) is 0 Å². The molecule has 2 amide bonds. The minimum absolute atomic E-state index is 0.153. The van der Waals surface area contributed by atoms with Gasteiger partial charge in [0.25, 0.3) is 17.7 Å². The Bertz CT molecular complexity index is 1340. The molecule has 10 heteroatoms. The van der Waals surface area contributed by atoms with E-state index in [4.69, 9.17) is 9.84 Å². The number of fused-ring (bicyclic) bond motifs is 1. The van der Waals surface area contributed by atoms with Crippen LogP contribution in [0.3, 0.4) is 0 Å². The molecule has 2 heterocycles. The van der Waals surface area contributed by atoms with Gasteiger partial charge in [-0.05, 0) is 60.4 Å². The van der Waals surface area contributed by atoms with Gasteiger partial charge < -0.3 is 10.1 Å². The number of hydrogen-bond acceptors (Lipinski definition) is 5. The smallest absolute Gasteiger partial charge is 0.280 e. The molecule has 3 aromatic rings. The van der Waals surface area contributed by atoms with Crippen molar-refractivity contribution in [1.29, 1.82) is 0 Å². The number of benzene rings is 2. The van der Waals surface area contributed by atoms with Gasteiger partial charge >= 0.3 is 0 Å². The van der Waals surface area contributed by atoms with Crippen LogP contribution in [0.2, 0.25) is 0 Å². The molecule has 1 aromatic heterocycles. The molecule has 0 radical (unpaired) electrons. The van der Waals surface area contributed by atoms with Crippen LogP contribution in [0.15, 0.2) is 54.6 Å². The van der Waals surface area contributed by atoms with E-state index in [1.54, 1.807) is 22.9 Å². The average molecular weight is 569 g/mol. The highest BCUT2D eigenvalue weighted by Crippen LogP contribution is 2.33. The standard InChI is InChI=1S/C30H34F2N4O3S/c1-30(31,32)19-39-24-9-5-8-21(16-24)12-13-23-17-25-26(28(37)33-23)27(36(34-25)15-14-20-10-11-20)29(38)35-40-18-22-6-3-2-4-7-22/h2-9,16,20,23H,10-15,17-19H2,1H3,(H,33,37)(H,35,38). The number of carbonyl (C=O) groups excluding carboxylic acids is 2. The lowest BCUT2D eigenvalue weighted by molar-refractivity contribution is -0.0229. The second-order valence-corrected chi connectivity index (χ2v) is 11.5. The minimum atomic E-state index is -2.90. The summed E-state index contributed by atoms with van der Waals surface area (Å²) in [5.41, 5.74) is 3.36. The van der Waals surface area contributed by atoms with Crippen molar-refractivity contribution in [2.45, 2.75) is 69.7 Å². The number of nitrogens with zero attached hydrogens (tertiary/aromatic N) is 2. The molecule has 1 saturated carbocycles. The number of aryl methyl sites for hydroxylation is 2. The largest absolute Gasteiger partial charge is 0.487 e. The highest BCUT2D eigenvalue weighted by Gasteiger charge is 2.34. The Labute approximate surface area is 237 Å². The maximum Gasteiger partial charge on any atom is 0.280 e. The van der Waals surface area contributed by atoms with Crippen LogP contribution in [0.1, 0.15) is 70.3 Å². The molecule has 0 bridgehead atoms. The lowest BCUT2D eigenvalue weighted by Crippen LogP contribution is -2.42. The van der Waals surface area contributed by atoms with E-state index in [0.717, 1.165) is 24.5 Å². The number of nitrogens with one attached hydrogen (secondary N) is 2. The Hall–Kier alpha value is -3.40. The summed E-state index contributed by atoms with van der Waals surface area (Å²) in [5, 5.41) is 7.81. The zero-order valence-electron chi connectivity index (χ0n) is 22.5. The molecule has 1 unspecified atom stereocenters. The zero-order valence-corrected chi connectivity index (χ0v) is 23.3. The van der Waals surface area contributed by atoms with Gasteiger partial charge in [-0.25, -0.2) is 8.78 Å². The average Bonchev–Trinajstić information content (AvgIpc) is 3.68. The van der Waals surface area contributed by atoms with Crippen molar-refractivity contribution in [3.63, 3.8) is 0 Å². The predicted molar refractivity (Wildman–Crippen MR) is 151 cm³/mol. The number of carbonyl (C=O) groups is 2. The third-order valence-electron chi connectivity index (χ3n) is 7.11. The number of alkyl halides is 2. The van der Waals surface area contributed by atoms with E-state index in [1.165, 1.54) is 24.8 Å². The third-order valence-corrected chi connectivity index (χ3v) is 7.91. The van der Waals surface area contributed by atoms with E-state index in [1.807, 2.05) is 36.4 Å². The fraction of sp³-hybridized carbons (Fsp3) is 0.433. The van der Waals surface area contributed by atoms with Gasteiger partial charge in [-0.1, -0.05) is 55.3 Å². The topological polar surface area (TPSA) is 85.2 Å². The first kappa shape index (κ1) is 28.1. The molecule has 40 heavy (non-hydrogen) atoms. The van der Waals surface area contributed by atoms with Crippen molar-refractivity contribution in [3.05, 3.63) is 82.7 Å². The molecule has 1 aliphatic heterocycles. The summed E-state index contributed by atoms with van der Waals surface area (Å²) >= 11 is 1.30. The van der Waals surface area contributed by atoms with Crippen molar-refractivity contribution in [2.24, 2.45) is 5.92 Å². The number of aromatic nitrogens is 2. The fourth-order valence-corrected chi connectivity index (χ4v) is 5.52. The molecule has 0 spiro atoms. The van der Waals surface area contributed by atoms with Gasteiger partial charge in [0.1, 0.15) is 11.4 Å². The van der Waals surface area contributed by atoms with Crippen LogP contribution in [0, 0.1) is 5.92 Å². The molecule has 2 aromatic carbocycles. The molecule has 1 fully saturated rings. The first-order valence-electron chi connectivity index (χ1n) is 13.7.